The van der Waals surface area contributed by atoms with Crippen LogP contribution in [0.3, 0.4) is 0 Å². The molecule has 0 saturated carbocycles. The van der Waals surface area contributed by atoms with Crippen LogP contribution in [0.4, 0.5) is 0 Å². The molecule has 6 aliphatic heterocycles. The van der Waals surface area contributed by atoms with Gasteiger partial charge in [-0.15, -0.1) is 0 Å². The van der Waals surface area contributed by atoms with Crippen molar-refractivity contribution in [1.82, 2.24) is 0 Å². The lowest BCUT2D eigenvalue weighted by Crippen LogP contribution is -3.00. The zero-order valence-electron chi connectivity index (χ0n) is 18.9. The molecule has 0 aliphatic carbocycles. The Kier molecular flexibility index (Phi) is 10.3. The number of carbonyl (C=O) groups excluding carboxylic acids is 2. The quantitative estimate of drug-likeness (QED) is 0.113. The Morgan fingerprint density at radius 2 is 1.06 bits per heavy atom. The zero-order valence-corrected chi connectivity index (χ0v) is 23.2. The molecule has 0 amide bonds. The summed E-state index contributed by atoms with van der Waals surface area (Å²) in [6.45, 7) is 10.0. The highest BCUT2D eigenvalue weighted by atomic mass is 127. The summed E-state index contributed by atoms with van der Waals surface area (Å²) in [5.74, 6) is 1.13. The number of hydrogen-bond acceptors (Lipinski definition) is 5. The van der Waals surface area contributed by atoms with Crippen molar-refractivity contribution in [3.63, 3.8) is 0 Å². The van der Waals surface area contributed by atoms with Gasteiger partial charge in [-0.2, -0.15) is 0 Å². The standard InChI is InChI=1S/C22H38N2O5.2HI/c1-27-21(25)19-15-23(7-3-17(19)4-8-23)11-13-29-14-12-24-9-5-18(6-10-24)20(16-24)22(26)28-2;;/h17-20H,3-16H2,1-2H3;2*1H/q+2;;/p-2. The number of nitrogens with zero attached hydrogens (tertiary/aromatic N) is 2. The summed E-state index contributed by atoms with van der Waals surface area (Å²) >= 11 is 0. The number of methoxy groups -OCH3 is 2. The number of hydrogen-bond donors (Lipinski definition) is 0. The third-order valence-corrected chi connectivity index (χ3v) is 8.63. The first-order chi connectivity index (χ1) is 14.0. The normalized spacial score (nSPS) is 38.0. The van der Waals surface area contributed by atoms with Crippen LogP contribution in [0.25, 0.3) is 0 Å². The predicted octanol–water partition coefficient (Wildman–Crippen LogP) is -4.93. The fourth-order valence-corrected chi connectivity index (χ4v) is 6.66. The van der Waals surface area contributed by atoms with Crippen LogP contribution in [-0.4, -0.2) is 101 Å². The molecule has 0 radical (unpaired) electrons. The Bertz CT molecular complexity index is 567. The molecule has 6 heterocycles. The topological polar surface area (TPSA) is 61.8 Å². The van der Waals surface area contributed by atoms with Gasteiger partial charge < -0.3 is 71.1 Å². The maximum absolute atomic E-state index is 12.1. The first-order valence-electron chi connectivity index (χ1n) is 11.4. The van der Waals surface area contributed by atoms with Crippen molar-refractivity contribution in [3.8, 4) is 0 Å². The van der Waals surface area contributed by atoms with E-state index in [9.17, 15) is 9.59 Å². The van der Waals surface area contributed by atoms with Crippen molar-refractivity contribution in [2.75, 3.05) is 79.8 Å². The molecular formula is C22H38I2N2O5. The van der Waals surface area contributed by atoms with Gasteiger partial charge in [0.25, 0.3) is 0 Å². The molecule has 6 aliphatic rings. The second kappa shape index (κ2) is 11.6. The first-order valence-corrected chi connectivity index (χ1v) is 11.4. The highest BCUT2D eigenvalue weighted by molar-refractivity contribution is 5.73. The molecule has 4 bridgehead atoms. The van der Waals surface area contributed by atoms with Crippen molar-refractivity contribution in [1.29, 1.82) is 0 Å². The van der Waals surface area contributed by atoms with E-state index >= 15 is 0 Å². The van der Waals surface area contributed by atoms with Gasteiger partial charge in [-0.05, 0) is 11.8 Å². The number of fused-ring (bicyclic) bond motifs is 6. The molecule has 6 saturated heterocycles. The molecule has 2 unspecified atom stereocenters. The largest absolute Gasteiger partial charge is 1.00 e. The lowest BCUT2D eigenvalue weighted by molar-refractivity contribution is -0.948. The van der Waals surface area contributed by atoms with Crippen molar-refractivity contribution in [2.24, 2.45) is 23.7 Å². The van der Waals surface area contributed by atoms with E-state index in [2.05, 4.69) is 0 Å². The molecule has 6 rings (SSSR count). The van der Waals surface area contributed by atoms with Crippen molar-refractivity contribution < 1.29 is 80.7 Å². The lowest BCUT2D eigenvalue weighted by Gasteiger charge is -2.52. The second-order valence-corrected chi connectivity index (χ2v) is 9.94. The van der Waals surface area contributed by atoms with Crippen LogP contribution in [0.2, 0.25) is 0 Å². The van der Waals surface area contributed by atoms with E-state index in [0.717, 1.165) is 74.0 Å². The fourth-order valence-electron chi connectivity index (χ4n) is 6.66. The van der Waals surface area contributed by atoms with Crippen molar-refractivity contribution >= 4 is 11.9 Å². The molecule has 0 aromatic carbocycles. The van der Waals surface area contributed by atoms with E-state index in [0.29, 0.717) is 11.8 Å². The Labute approximate surface area is 220 Å². The van der Waals surface area contributed by atoms with Crippen LogP contribution in [0.1, 0.15) is 25.7 Å². The minimum atomic E-state index is -0.0257. The van der Waals surface area contributed by atoms with Gasteiger partial charge >= 0.3 is 11.9 Å². The van der Waals surface area contributed by atoms with E-state index in [1.54, 1.807) is 0 Å². The Morgan fingerprint density at radius 1 is 0.710 bits per heavy atom. The molecule has 0 spiro atoms. The molecular weight excluding hydrogens is 626 g/mol. The SMILES string of the molecule is COC(=O)C1C[N+]2(CCOCC[N+]34CCC(CC3)C(C(=O)OC)C4)CCC1CC2.[I-].[I-]. The molecule has 0 N–H and O–H groups in total. The summed E-state index contributed by atoms with van der Waals surface area (Å²) in [5, 5.41) is 0. The number of esters is 2. The van der Waals surface area contributed by atoms with Gasteiger partial charge in [0, 0.05) is 25.7 Å². The monoisotopic (exact) mass is 664 g/mol. The summed E-state index contributed by atoms with van der Waals surface area (Å²) in [6, 6.07) is 0. The van der Waals surface area contributed by atoms with Gasteiger partial charge in [0.1, 0.15) is 24.9 Å². The van der Waals surface area contributed by atoms with E-state index < -0.39 is 0 Å². The third-order valence-electron chi connectivity index (χ3n) is 8.63. The predicted molar refractivity (Wildman–Crippen MR) is 107 cm³/mol. The number of rotatable bonds is 8. The summed E-state index contributed by atoms with van der Waals surface area (Å²) in [7, 11) is 3.02. The molecule has 0 aromatic heterocycles. The molecule has 0 aromatic rings. The number of ether oxygens (including phenoxy) is 3. The minimum Gasteiger partial charge on any atom is -1.00 e. The average Bonchev–Trinajstić information content (AvgIpc) is 2.79. The van der Waals surface area contributed by atoms with Gasteiger partial charge in [0.15, 0.2) is 0 Å². The first kappa shape index (κ1) is 27.5. The average molecular weight is 664 g/mol. The van der Waals surface area contributed by atoms with Crippen LogP contribution in [0.15, 0.2) is 0 Å². The van der Waals surface area contributed by atoms with Crippen LogP contribution in [0, 0.1) is 23.7 Å². The van der Waals surface area contributed by atoms with E-state index in [-0.39, 0.29) is 71.7 Å². The number of piperidine rings is 6. The van der Waals surface area contributed by atoms with Crippen LogP contribution in [-0.2, 0) is 23.8 Å². The van der Waals surface area contributed by atoms with Crippen molar-refractivity contribution in [3.05, 3.63) is 0 Å². The van der Waals surface area contributed by atoms with Crippen LogP contribution >= 0.6 is 0 Å². The highest BCUT2D eigenvalue weighted by Gasteiger charge is 2.50. The Hall–Kier alpha value is 0.280. The van der Waals surface area contributed by atoms with E-state index in [4.69, 9.17) is 14.2 Å². The lowest BCUT2D eigenvalue weighted by atomic mass is 9.77. The third kappa shape index (κ3) is 5.86. The van der Waals surface area contributed by atoms with Crippen molar-refractivity contribution in [2.45, 2.75) is 25.7 Å². The van der Waals surface area contributed by atoms with E-state index in [1.165, 1.54) is 40.4 Å². The summed E-state index contributed by atoms with van der Waals surface area (Å²) in [5.41, 5.74) is 0. The highest BCUT2D eigenvalue weighted by Crippen LogP contribution is 2.39. The van der Waals surface area contributed by atoms with Gasteiger partial charge in [-0.1, -0.05) is 0 Å². The van der Waals surface area contributed by atoms with Gasteiger partial charge in [-0.3, -0.25) is 9.59 Å². The van der Waals surface area contributed by atoms with Gasteiger partial charge in [0.05, 0.1) is 66.7 Å². The Balaban J connectivity index is 0.00000171. The number of quaternary nitrogens is 2. The smallest absolute Gasteiger partial charge is 0.314 e. The van der Waals surface area contributed by atoms with Crippen LogP contribution in [0.5, 0.6) is 0 Å². The second-order valence-electron chi connectivity index (χ2n) is 9.94. The molecule has 2 atom stereocenters. The fraction of sp³-hybridized carbons (Fsp3) is 0.909. The molecule has 31 heavy (non-hydrogen) atoms. The summed E-state index contributed by atoms with van der Waals surface area (Å²) in [6.07, 6.45) is 4.54. The number of carbonyl (C=O) groups is 2. The van der Waals surface area contributed by atoms with Gasteiger partial charge in [-0.25, -0.2) is 0 Å². The van der Waals surface area contributed by atoms with Crippen LogP contribution < -0.4 is 48.0 Å². The van der Waals surface area contributed by atoms with E-state index in [1.807, 2.05) is 0 Å². The van der Waals surface area contributed by atoms with Gasteiger partial charge in [0.2, 0.25) is 0 Å². The summed E-state index contributed by atoms with van der Waals surface area (Å²) < 4.78 is 18.2. The molecule has 7 nitrogen and oxygen atoms in total. The number of halogens is 2. The maximum Gasteiger partial charge on any atom is 0.314 e. The molecule has 6 fully saturated rings. The minimum absolute atomic E-state index is 0. The summed E-state index contributed by atoms with van der Waals surface area (Å²) in [4.78, 5) is 24.2. The maximum atomic E-state index is 12.1. The molecule has 9 heteroatoms. The zero-order chi connectivity index (χ0) is 20.5. The molecule has 180 valence electrons. The Morgan fingerprint density at radius 3 is 1.39 bits per heavy atom.